The van der Waals surface area contributed by atoms with Gasteiger partial charge in [0.2, 0.25) is 5.95 Å². The Morgan fingerprint density at radius 2 is 2.06 bits per heavy atom. The molecule has 1 aliphatic heterocycles. The maximum atomic E-state index is 13.2. The summed E-state index contributed by atoms with van der Waals surface area (Å²) in [5.74, 6) is 0.794. The van der Waals surface area contributed by atoms with Crippen LogP contribution in [0.5, 0.6) is 0 Å². The zero-order valence-electron chi connectivity index (χ0n) is 19.8. The topological polar surface area (TPSA) is 107 Å². The van der Waals surface area contributed by atoms with Crippen LogP contribution in [0.25, 0.3) is 11.3 Å². The fraction of sp³-hybridized carbons (Fsp3) is 0.435. The van der Waals surface area contributed by atoms with Gasteiger partial charge < -0.3 is 15.0 Å². The number of esters is 1. The van der Waals surface area contributed by atoms with E-state index in [1.54, 1.807) is 39.7 Å². The summed E-state index contributed by atoms with van der Waals surface area (Å²) in [6.07, 6.45) is 5.84. The summed E-state index contributed by atoms with van der Waals surface area (Å²) >= 11 is 0. The van der Waals surface area contributed by atoms with E-state index in [1.807, 2.05) is 46.9 Å². The number of fused-ring (bicyclic) bond motifs is 1. The minimum absolute atomic E-state index is 0.249. The quantitative estimate of drug-likeness (QED) is 0.593. The highest BCUT2D eigenvalue weighted by Gasteiger charge is 2.34. The molecule has 33 heavy (non-hydrogen) atoms. The van der Waals surface area contributed by atoms with E-state index < -0.39 is 17.6 Å². The summed E-state index contributed by atoms with van der Waals surface area (Å²) in [5, 5.41) is 7.29. The molecule has 0 saturated carbocycles. The van der Waals surface area contributed by atoms with Gasteiger partial charge in [-0.2, -0.15) is 5.10 Å². The smallest absolute Gasteiger partial charge is 0.329 e. The van der Waals surface area contributed by atoms with E-state index in [-0.39, 0.29) is 6.03 Å². The minimum Gasteiger partial charge on any atom is -0.458 e. The Balaban J connectivity index is 1.59. The second-order valence-electron chi connectivity index (χ2n) is 9.22. The van der Waals surface area contributed by atoms with Crippen molar-refractivity contribution in [2.24, 2.45) is 7.05 Å². The Hall–Kier alpha value is -3.69. The van der Waals surface area contributed by atoms with Crippen molar-refractivity contribution in [2.45, 2.75) is 52.7 Å². The van der Waals surface area contributed by atoms with E-state index in [0.29, 0.717) is 18.9 Å². The van der Waals surface area contributed by atoms with Gasteiger partial charge in [0.05, 0.1) is 11.9 Å². The van der Waals surface area contributed by atoms with Crippen molar-refractivity contribution in [3.05, 3.63) is 42.0 Å². The van der Waals surface area contributed by atoms with Crippen LogP contribution in [0.1, 0.15) is 39.0 Å². The van der Waals surface area contributed by atoms with Crippen LogP contribution in [0, 0.1) is 6.92 Å². The molecule has 3 aromatic rings. The van der Waals surface area contributed by atoms with E-state index in [2.05, 4.69) is 20.4 Å². The average molecular weight is 452 g/mol. The molecular weight excluding hydrogens is 422 g/mol. The highest BCUT2D eigenvalue weighted by molar-refractivity contribution is 5.87. The Morgan fingerprint density at radius 3 is 2.73 bits per heavy atom. The van der Waals surface area contributed by atoms with Crippen LogP contribution in [0.4, 0.5) is 16.6 Å². The average Bonchev–Trinajstić information content (AvgIpc) is 3.35. The Kier molecular flexibility index (Phi) is 5.69. The number of carbonyl (C=O) groups is 2. The molecule has 0 saturated heterocycles. The van der Waals surface area contributed by atoms with E-state index in [4.69, 9.17) is 4.74 Å². The number of nitrogens with one attached hydrogen (secondary N) is 1. The Labute approximate surface area is 192 Å². The molecule has 0 aliphatic carbocycles. The number of carbonyl (C=O) groups excluding carboxylic acids is 2. The van der Waals surface area contributed by atoms with Gasteiger partial charge in [0.25, 0.3) is 0 Å². The molecule has 4 heterocycles. The molecule has 4 rings (SSSR count). The number of hydrogen-bond acceptors (Lipinski definition) is 7. The molecule has 0 aromatic carbocycles. The van der Waals surface area contributed by atoms with Crippen molar-refractivity contribution in [2.75, 3.05) is 11.9 Å². The fourth-order valence-electron chi connectivity index (χ4n) is 3.76. The van der Waals surface area contributed by atoms with Crippen LogP contribution in [0.2, 0.25) is 0 Å². The third-order valence-electron chi connectivity index (χ3n) is 5.48. The molecule has 10 nitrogen and oxygen atoms in total. The zero-order valence-corrected chi connectivity index (χ0v) is 19.8. The monoisotopic (exact) mass is 451 g/mol. The van der Waals surface area contributed by atoms with Crippen LogP contribution in [0.15, 0.2) is 30.7 Å². The summed E-state index contributed by atoms with van der Waals surface area (Å²) in [6.45, 7) is 9.51. The third-order valence-corrected chi connectivity index (χ3v) is 5.48. The number of anilines is 2. The summed E-state index contributed by atoms with van der Waals surface area (Å²) in [7, 11) is 1.83. The lowest BCUT2D eigenvalue weighted by Crippen LogP contribution is -2.50. The van der Waals surface area contributed by atoms with Crippen molar-refractivity contribution in [1.82, 2.24) is 29.2 Å². The van der Waals surface area contributed by atoms with Gasteiger partial charge in [-0.25, -0.2) is 19.6 Å². The number of aryl methyl sites for hydroxylation is 2. The van der Waals surface area contributed by atoms with Crippen LogP contribution in [-0.2, 0) is 23.0 Å². The van der Waals surface area contributed by atoms with Gasteiger partial charge in [0.15, 0.2) is 0 Å². The molecule has 1 amide bonds. The van der Waals surface area contributed by atoms with Gasteiger partial charge >= 0.3 is 12.0 Å². The van der Waals surface area contributed by atoms with Crippen LogP contribution >= 0.6 is 0 Å². The maximum absolute atomic E-state index is 13.2. The van der Waals surface area contributed by atoms with Crippen LogP contribution in [0.3, 0.4) is 0 Å². The number of amides is 1. The second-order valence-corrected chi connectivity index (χ2v) is 9.22. The zero-order chi connectivity index (χ0) is 23.9. The van der Waals surface area contributed by atoms with Crippen molar-refractivity contribution in [1.29, 1.82) is 0 Å². The molecule has 1 aliphatic rings. The lowest BCUT2D eigenvalue weighted by Gasteiger charge is -2.33. The molecule has 3 aromatic heterocycles. The first-order chi connectivity index (χ1) is 15.5. The molecule has 0 radical (unpaired) electrons. The summed E-state index contributed by atoms with van der Waals surface area (Å²) in [5.41, 5.74) is 2.71. The van der Waals surface area contributed by atoms with Crippen molar-refractivity contribution < 1.29 is 14.3 Å². The van der Waals surface area contributed by atoms with Crippen molar-refractivity contribution in [3.63, 3.8) is 0 Å². The number of rotatable bonds is 5. The van der Waals surface area contributed by atoms with Gasteiger partial charge in [-0.3, -0.25) is 9.25 Å². The standard InChI is InChI=1S/C23H29N7O3/c1-14-12-24-21(26-18-7-9-25-28(18)6)27-19(14)16-11-17-8-10-29(22(32)30(17)13-16)15(2)20(31)33-23(3,4)5/h7,9,11-13,15H,8,10H2,1-6H3,(H,24,26,27)/t15-/m1/s1. The lowest BCUT2D eigenvalue weighted by molar-refractivity contribution is -0.159. The normalized spacial score (nSPS) is 14.7. The first-order valence-electron chi connectivity index (χ1n) is 10.9. The summed E-state index contributed by atoms with van der Waals surface area (Å²) < 4.78 is 8.76. The number of hydrogen-bond donors (Lipinski definition) is 1. The lowest BCUT2D eigenvalue weighted by atomic mass is 10.1. The first-order valence-corrected chi connectivity index (χ1v) is 10.9. The van der Waals surface area contributed by atoms with Crippen LogP contribution in [-0.4, -0.2) is 59.4 Å². The second kappa shape index (κ2) is 8.34. The molecule has 1 N–H and O–H groups in total. The van der Waals surface area contributed by atoms with E-state index >= 15 is 0 Å². The third kappa shape index (κ3) is 4.59. The van der Waals surface area contributed by atoms with Gasteiger partial charge in [0.1, 0.15) is 17.5 Å². The van der Waals surface area contributed by atoms with Gasteiger partial charge in [-0.05, 0) is 46.2 Å². The van der Waals surface area contributed by atoms with Gasteiger partial charge in [-0.1, -0.05) is 0 Å². The van der Waals surface area contributed by atoms with Crippen LogP contribution < -0.4 is 5.32 Å². The molecule has 0 fully saturated rings. The molecule has 174 valence electrons. The van der Waals surface area contributed by atoms with Crippen molar-refractivity contribution >= 4 is 23.8 Å². The SMILES string of the molecule is Cc1cnc(Nc2ccnn2C)nc1-c1cc2n(c1)C(=O)N([C@H](C)C(=O)OC(C)(C)C)CC2. The largest absolute Gasteiger partial charge is 0.458 e. The van der Waals surface area contributed by atoms with E-state index in [1.165, 1.54) is 0 Å². The molecule has 10 heteroatoms. The first kappa shape index (κ1) is 22.5. The number of aromatic nitrogens is 5. The number of nitrogens with zero attached hydrogens (tertiary/aromatic N) is 6. The predicted molar refractivity (Wildman–Crippen MR) is 123 cm³/mol. The highest BCUT2D eigenvalue weighted by atomic mass is 16.6. The fourth-order valence-corrected chi connectivity index (χ4v) is 3.76. The maximum Gasteiger partial charge on any atom is 0.329 e. The Morgan fingerprint density at radius 1 is 1.30 bits per heavy atom. The van der Waals surface area contributed by atoms with Gasteiger partial charge in [0, 0.05) is 49.7 Å². The highest BCUT2D eigenvalue weighted by Crippen LogP contribution is 2.28. The molecular formula is C23H29N7O3. The number of ether oxygens (including phenoxy) is 1. The molecule has 0 bridgehead atoms. The van der Waals surface area contributed by atoms with Crippen molar-refractivity contribution in [3.8, 4) is 11.3 Å². The molecule has 0 spiro atoms. The van der Waals surface area contributed by atoms with E-state index in [9.17, 15) is 9.59 Å². The van der Waals surface area contributed by atoms with E-state index in [0.717, 1.165) is 28.3 Å². The molecule has 0 unspecified atom stereocenters. The Bertz CT molecular complexity index is 1210. The van der Waals surface area contributed by atoms with Gasteiger partial charge in [-0.15, -0.1) is 0 Å². The molecule has 1 atom stereocenters. The predicted octanol–water partition coefficient (Wildman–Crippen LogP) is 3.29. The minimum atomic E-state index is -0.675. The summed E-state index contributed by atoms with van der Waals surface area (Å²) in [4.78, 5) is 36.3. The summed E-state index contributed by atoms with van der Waals surface area (Å²) in [6, 6.07) is 2.88.